The van der Waals surface area contributed by atoms with Gasteiger partial charge in [0.2, 0.25) is 5.88 Å². The van der Waals surface area contributed by atoms with Gasteiger partial charge in [-0.05, 0) is 12.8 Å². The van der Waals surface area contributed by atoms with Crippen molar-refractivity contribution in [2.75, 3.05) is 25.1 Å². The van der Waals surface area contributed by atoms with Gasteiger partial charge >= 0.3 is 0 Å². The minimum absolute atomic E-state index is 0.216. The van der Waals surface area contributed by atoms with Crippen LogP contribution in [-0.2, 0) is 11.2 Å². The molecule has 19 heavy (non-hydrogen) atoms. The van der Waals surface area contributed by atoms with Gasteiger partial charge in [0, 0.05) is 19.4 Å². The topological polar surface area (TPSA) is 56.3 Å². The standard InChI is InChI=1S/C14H23N3O2/c1-3-7-15-13-12(4-2)14(17-10-16-13)19-11-5-8-18-9-6-11/h10-11H,3-9H2,1-2H3,(H,15,16,17). The summed E-state index contributed by atoms with van der Waals surface area (Å²) in [6.45, 7) is 6.71. The molecule has 5 nitrogen and oxygen atoms in total. The van der Waals surface area contributed by atoms with Gasteiger partial charge in [0.15, 0.2) is 0 Å². The van der Waals surface area contributed by atoms with E-state index in [1.54, 1.807) is 6.33 Å². The van der Waals surface area contributed by atoms with Gasteiger partial charge in [-0.3, -0.25) is 0 Å². The number of aromatic nitrogens is 2. The van der Waals surface area contributed by atoms with E-state index in [1.807, 2.05) is 0 Å². The Kier molecular flexibility index (Phi) is 5.39. The molecule has 5 heteroatoms. The third kappa shape index (κ3) is 3.80. The average molecular weight is 265 g/mol. The van der Waals surface area contributed by atoms with Crippen LogP contribution in [0.25, 0.3) is 0 Å². The van der Waals surface area contributed by atoms with E-state index in [4.69, 9.17) is 9.47 Å². The predicted octanol–water partition coefficient (Wildman–Crippen LogP) is 2.42. The lowest BCUT2D eigenvalue weighted by molar-refractivity contribution is 0.0233. The van der Waals surface area contributed by atoms with Crippen molar-refractivity contribution >= 4 is 5.82 Å². The van der Waals surface area contributed by atoms with Crippen molar-refractivity contribution in [3.05, 3.63) is 11.9 Å². The fraction of sp³-hybridized carbons (Fsp3) is 0.714. The van der Waals surface area contributed by atoms with Gasteiger partial charge in [-0.25, -0.2) is 9.97 Å². The van der Waals surface area contributed by atoms with Crippen LogP contribution in [0.4, 0.5) is 5.82 Å². The Morgan fingerprint density at radius 3 is 2.79 bits per heavy atom. The summed E-state index contributed by atoms with van der Waals surface area (Å²) < 4.78 is 11.4. The van der Waals surface area contributed by atoms with Gasteiger partial charge in [0.1, 0.15) is 18.2 Å². The van der Waals surface area contributed by atoms with E-state index in [-0.39, 0.29) is 6.10 Å². The summed E-state index contributed by atoms with van der Waals surface area (Å²) in [4.78, 5) is 8.61. The van der Waals surface area contributed by atoms with Crippen LogP contribution in [0.2, 0.25) is 0 Å². The van der Waals surface area contributed by atoms with E-state index in [1.165, 1.54) is 0 Å². The van der Waals surface area contributed by atoms with Crippen molar-refractivity contribution in [2.24, 2.45) is 0 Å². The largest absolute Gasteiger partial charge is 0.474 e. The van der Waals surface area contributed by atoms with E-state index in [0.717, 1.165) is 62.7 Å². The molecule has 1 saturated heterocycles. The van der Waals surface area contributed by atoms with Crippen molar-refractivity contribution in [2.45, 2.75) is 45.6 Å². The smallest absolute Gasteiger partial charge is 0.222 e. The third-order valence-corrected chi connectivity index (χ3v) is 3.25. The van der Waals surface area contributed by atoms with Gasteiger partial charge in [-0.2, -0.15) is 0 Å². The number of nitrogens with zero attached hydrogens (tertiary/aromatic N) is 2. The van der Waals surface area contributed by atoms with Crippen molar-refractivity contribution < 1.29 is 9.47 Å². The van der Waals surface area contributed by atoms with Gasteiger partial charge in [-0.15, -0.1) is 0 Å². The summed E-state index contributed by atoms with van der Waals surface area (Å²) in [6.07, 6.45) is 5.60. The fourth-order valence-electron chi connectivity index (χ4n) is 2.16. The summed E-state index contributed by atoms with van der Waals surface area (Å²) in [5.74, 6) is 1.63. The van der Waals surface area contributed by atoms with Gasteiger partial charge < -0.3 is 14.8 Å². The van der Waals surface area contributed by atoms with E-state index >= 15 is 0 Å². The number of hydrogen-bond acceptors (Lipinski definition) is 5. The van der Waals surface area contributed by atoms with Gasteiger partial charge in [-0.1, -0.05) is 13.8 Å². The summed E-state index contributed by atoms with van der Waals surface area (Å²) in [6, 6.07) is 0. The number of anilines is 1. The van der Waals surface area contributed by atoms with Gasteiger partial charge in [0.05, 0.1) is 18.8 Å². The number of nitrogens with one attached hydrogen (secondary N) is 1. The molecule has 0 radical (unpaired) electrons. The van der Waals surface area contributed by atoms with Crippen LogP contribution in [-0.4, -0.2) is 35.8 Å². The first-order chi connectivity index (χ1) is 9.35. The maximum Gasteiger partial charge on any atom is 0.222 e. The Morgan fingerprint density at radius 2 is 2.11 bits per heavy atom. The van der Waals surface area contributed by atoms with Crippen LogP contribution >= 0.6 is 0 Å². The second-order valence-corrected chi connectivity index (χ2v) is 4.72. The first-order valence-electron chi connectivity index (χ1n) is 7.17. The molecule has 1 aliphatic heterocycles. The SMILES string of the molecule is CCCNc1ncnc(OC2CCOCC2)c1CC. The maximum absolute atomic E-state index is 6.03. The van der Waals surface area contributed by atoms with Crippen molar-refractivity contribution in [3.63, 3.8) is 0 Å². The zero-order chi connectivity index (χ0) is 13.5. The summed E-state index contributed by atoms with van der Waals surface area (Å²) in [7, 11) is 0. The fourth-order valence-corrected chi connectivity index (χ4v) is 2.16. The molecule has 0 atom stereocenters. The molecule has 0 saturated carbocycles. The molecule has 0 unspecified atom stereocenters. The van der Waals surface area contributed by atoms with E-state index in [2.05, 4.69) is 29.1 Å². The zero-order valence-electron chi connectivity index (χ0n) is 11.8. The zero-order valence-corrected chi connectivity index (χ0v) is 11.8. The molecule has 0 aromatic carbocycles. The van der Waals surface area contributed by atoms with Crippen LogP contribution in [0, 0.1) is 0 Å². The normalized spacial score (nSPS) is 16.3. The molecule has 2 rings (SSSR count). The molecule has 1 aromatic heterocycles. The molecule has 1 aromatic rings. The van der Waals surface area contributed by atoms with Crippen LogP contribution in [0.5, 0.6) is 5.88 Å². The van der Waals surface area contributed by atoms with Gasteiger partial charge in [0.25, 0.3) is 0 Å². The molecule has 0 aliphatic carbocycles. The lowest BCUT2D eigenvalue weighted by Gasteiger charge is -2.24. The molecule has 2 heterocycles. The second-order valence-electron chi connectivity index (χ2n) is 4.72. The van der Waals surface area contributed by atoms with Crippen LogP contribution in [0.1, 0.15) is 38.7 Å². The Hall–Kier alpha value is -1.36. The first kappa shape index (κ1) is 14.1. The molecular weight excluding hydrogens is 242 g/mol. The predicted molar refractivity (Wildman–Crippen MR) is 74.7 cm³/mol. The Morgan fingerprint density at radius 1 is 1.32 bits per heavy atom. The van der Waals surface area contributed by atoms with Crippen LogP contribution in [0.15, 0.2) is 6.33 Å². The highest BCUT2D eigenvalue weighted by atomic mass is 16.5. The van der Waals surface area contributed by atoms with Crippen LogP contribution in [0.3, 0.4) is 0 Å². The quantitative estimate of drug-likeness (QED) is 0.856. The lowest BCUT2D eigenvalue weighted by atomic mass is 10.1. The molecule has 1 N–H and O–H groups in total. The highest BCUT2D eigenvalue weighted by Gasteiger charge is 2.19. The summed E-state index contributed by atoms with van der Waals surface area (Å²) >= 11 is 0. The van der Waals surface area contributed by atoms with Crippen molar-refractivity contribution in [1.29, 1.82) is 0 Å². The highest BCUT2D eigenvalue weighted by molar-refractivity contribution is 5.48. The number of ether oxygens (including phenoxy) is 2. The minimum Gasteiger partial charge on any atom is -0.474 e. The Balaban J connectivity index is 2.09. The van der Waals surface area contributed by atoms with Crippen molar-refractivity contribution in [1.82, 2.24) is 9.97 Å². The van der Waals surface area contributed by atoms with E-state index < -0.39 is 0 Å². The van der Waals surface area contributed by atoms with E-state index in [0.29, 0.717) is 0 Å². The molecule has 0 amide bonds. The first-order valence-corrected chi connectivity index (χ1v) is 7.17. The molecule has 106 valence electrons. The average Bonchev–Trinajstić information content (AvgIpc) is 2.46. The monoisotopic (exact) mass is 265 g/mol. The van der Waals surface area contributed by atoms with E-state index in [9.17, 15) is 0 Å². The number of hydrogen-bond donors (Lipinski definition) is 1. The Bertz CT molecular complexity index is 392. The minimum atomic E-state index is 0.216. The maximum atomic E-state index is 6.03. The van der Waals surface area contributed by atoms with Crippen molar-refractivity contribution in [3.8, 4) is 5.88 Å². The third-order valence-electron chi connectivity index (χ3n) is 3.25. The molecule has 0 bridgehead atoms. The Labute approximate surface area is 114 Å². The molecule has 1 fully saturated rings. The number of rotatable bonds is 6. The highest BCUT2D eigenvalue weighted by Crippen LogP contribution is 2.25. The molecule has 0 spiro atoms. The van der Waals surface area contributed by atoms with Crippen LogP contribution < -0.4 is 10.1 Å². The summed E-state index contributed by atoms with van der Waals surface area (Å²) in [5.41, 5.74) is 1.07. The lowest BCUT2D eigenvalue weighted by Crippen LogP contribution is -2.26. The molecular formula is C14H23N3O2. The molecule has 1 aliphatic rings. The summed E-state index contributed by atoms with van der Waals surface area (Å²) in [5, 5.41) is 3.34. The second kappa shape index (κ2) is 7.28.